The van der Waals surface area contributed by atoms with Gasteiger partial charge >= 0.3 is 0 Å². The molecule has 21 heavy (non-hydrogen) atoms. The fraction of sp³-hybridized carbons (Fsp3) is 0.333. The smallest absolute Gasteiger partial charge is 0.275 e. The molecular formula is C15H18N4O2. The van der Waals surface area contributed by atoms with Gasteiger partial charge in [0, 0.05) is 11.7 Å². The van der Waals surface area contributed by atoms with Crippen molar-refractivity contribution in [3.05, 3.63) is 36.2 Å². The van der Waals surface area contributed by atoms with E-state index < -0.39 is 0 Å². The molecule has 6 nitrogen and oxygen atoms in total. The number of carbonyl (C=O) groups is 1. The van der Waals surface area contributed by atoms with E-state index in [-0.39, 0.29) is 11.9 Å². The van der Waals surface area contributed by atoms with E-state index in [4.69, 9.17) is 10.5 Å². The molecule has 1 heterocycles. The van der Waals surface area contributed by atoms with Crippen LogP contribution in [0.4, 0.5) is 5.69 Å². The Morgan fingerprint density at radius 1 is 1.43 bits per heavy atom. The van der Waals surface area contributed by atoms with E-state index >= 15 is 0 Å². The fourth-order valence-corrected chi connectivity index (χ4v) is 2.02. The third kappa shape index (κ3) is 2.99. The van der Waals surface area contributed by atoms with Crippen LogP contribution in [0.5, 0.6) is 5.75 Å². The lowest BCUT2D eigenvalue weighted by Gasteiger charge is -2.03. The highest BCUT2D eigenvalue weighted by atomic mass is 16.5. The summed E-state index contributed by atoms with van der Waals surface area (Å²) < 4.78 is 7.15. The number of benzene rings is 1. The number of hydrogen-bond acceptors (Lipinski definition) is 4. The first kappa shape index (κ1) is 13.5. The second-order valence-electron chi connectivity index (χ2n) is 5.06. The number of anilines is 1. The topological polar surface area (TPSA) is 82.2 Å². The molecule has 1 saturated carbocycles. The zero-order valence-corrected chi connectivity index (χ0v) is 11.9. The molecule has 0 spiro atoms. The number of rotatable bonds is 5. The zero-order valence-electron chi connectivity index (χ0n) is 11.9. The van der Waals surface area contributed by atoms with Crippen molar-refractivity contribution >= 4 is 11.6 Å². The first-order valence-corrected chi connectivity index (χ1v) is 7.06. The van der Waals surface area contributed by atoms with Gasteiger partial charge in [0.05, 0.1) is 18.5 Å². The molecule has 1 aromatic heterocycles. The summed E-state index contributed by atoms with van der Waals surface area (Å²) in [6, 6.07) is 7.57. The van der Waals surface area contributed by atoms with Crippen LogP contribution in [0, 0.1) is 0 Å². The third-order valence-electron chi connectivity index (χ3n) is 3.27. The van der Waals surface area contributed by atoms with Crippen molar-refractivity contribution in [2.24, 2.45) is 0 Å². The highest BCUT2D eigenvalue weighted by Crippen LogP contribution is 2.23. The molecule has 1 aromatic carbocycles. The molecule has 110 valence electrons. The van der Waals surface area contributed by atoms with Gasteiger partial charge in [0.25, 0.3) is 5.91 Å². The number of nitrogens with one attached hydrogen (secondary N) is 1. The highest BCUT2D eigenvalue weighted by Gasteiger charge is 2.27. The summed E-state index contributed by atoms with van der Waals surface area (Å²) in [6.45, 7) is 2.36. The molecule has 0 aliphatic heterocycles. The maximum absolute atomic E-state index is 12.2. The van der Waals surface area contributed by atoms with Crippen LogP contribution in [0.25, 0.3) is 5.69 Å². The van der Waals surface area contributed by atoms with Crippen molar-refractivity contribution in [3.8, 4) is 11.4 Å². The van der Waals surface area contributed by atoms with Crippen LogP contribution in [0.2, 0.25) is 0 Å². The van der Waals surface area contributed by atoms with Gasteiger partial charge in [0.15, 0.2) is 11.4 Å². The quantitative estimate of drug-likeness (QED) is 0.820. The Kier molecular flexibility index (Phi) is 3.51. The maximum Gasteiger partial charge on any atom is 0.275 e. The summed E-state index contributed by atoms with van der Waals surface area (Å²) in [5, 5.41) is 7.28. The molecule has 1 aliphatic carbocycles. The maximum atomic E-state index is 12.2. The molecule has 1 aliphatic rings. The Morgan fingerprint density at radius 2 is 2.14 bits per heavy atom. The van der Waals surface area contributed by atoms with Crippen LogP contribution >= 0.6 is 0 Å². The molecule has 1 amide bonds. The number of aromatic nitrogens is 2. The molecule has 3 rings (SSSR count). The third-order valence-corrected chi connectivity index (χ3v) is 3.27. The second kappa shape index (κ2) is 5.47. The Morgan fingerprint density at radius 3 is 2.76 bits per heavy atom. The van der Waals surface area contributed by atoms with E-state index in [2.05, 4.69) is 10.4 Å². The van der Waals surface area contributed by atoms with Crippen LogP contribution in [-0.2, 0) is 0 Å². The number of amides is 1. The molecule has 0 unspecified atom stereocenters. The first-order valence-electron chi connectivity index (χ1n) is 7.06. The first-order chi connectivity index (χ1) is 10.2. The van der Waals surface area contributed by atoms with Gasteiger partial charge in [-0.25, -0.2) is 4.68 Å². The van der Waals surface area contributed by atoms with E-state index in [9.17, 15) is 4.79 Å². The van der Waals surface area contributed by atoms with Crippen molar-refractivity contribution in [1.82, 2.24) is 15.1 Å². The minimum atomic E-state index is -0.185. The van der Waals surface area contributed by atoms with Gasteiger partial charge in [-0.1, -0.05) is 0 Å². The number of nitrogen functional groups attached to an aromatic ring is 1. The van der Waals surface area contributed by atoms with Gasteiger partial charge in [-0.05, 0) is 44.0 Å². The van der Waals surface area contributed by atoms with E-state index in [1.54, 1.807) is 23.0 Å². The van der Waals surface area contributed by atoms with Crippen LogP contribution in [0.15, 0.2) is 30.5 Å². The number of carbonyl (C=O) groups excluding carboxylic acids is 1. The van der Waals surface area contributed by atoms with E-state index in [1.807, 2.05) is 19.1 Å². The molecule has 0 bridgehead atoms. The summed E-state index contributed by atoms with van der Waals surface area (Å²) >= 11 is 0. The van der Waals surface area contributed by atoms with Gasteiger partial charge in [0.1, 0.15) is 0 Å². The Bertz CT molecular complexity index is 644. The highest BCUT2D eigenvalue weighted by molar-refractivity contribution is 5.95. The van der Waals surface area contributed by atoms with Gasteiger partial charge in [-0.2, -0.15) is 5.10 Å². The van der Waals surface area contributed by atoms with E-state index in [0.717, 1.165) is 18.5 Å². The number of ether oxygens (including phenoxy) is 1. The summed E-state index contributed by atoms with van der Waals surface area (Å²) in [6.07, 6.45) is 3.79. The van der Waals surface area contributed by atoms with Gasteiger partial charge in [-0.15, -0.1) is 0 Å². The lowest BCUT2D eigenvalue weighted by atomic mass is 10.3. The summed E-state index contributed by atoms with van der Waals surface area (Å²) in [7, 11) is 0. The van der Waals surface area contributed by atoms with Crippen molar-refractivity contribution in [1.29, 1.82) is 0 Å². The average Bonchev–Trinajstić information content (AvgIpc) is 3.18. The second-order valence-corrected chi connectivity index (χ2v) is 5.06. The molecule has 0 saturated heterocycles. The molecule has 0 radical (unpaired) electrons. The summed E-state index contributed by atoms with van der Waals surface area (Å²) in [4.78, 5) is 12.2. The lowest BCUT2D eigenvalue weighted by molar-refractivity contribution is 0.0942. The average molecular weight is 286 g/mol. The molecule has 3 N–H and O–H groups in total. The van der Waals surface area contributed by atoms with Crippen LogP contribution in [-0.4, -0.2) is 28.3 Å². The normalized spacial score (nSPS) is 14.0. The number of nitrogens with zero attached hydrogens (tertiary/aromatic N) is 2. The molecule has 0 atom stereocenters. The van der Waals surface area contributed by atoms with Crippen molar-refractivity contribution in [3.63, 3.8) is 0 Å². The SMILES string of the molecule is CCOc1cn(-c2ccc(N)cc2)nc1C(=O)NC1CC1. The number of hydrogen-bond donors (Lipinski definition) is 2. The Labute approximate surface area is 122 Å². The van der Waals surface area contributed by atoms with Crippen LogP contribution in [0.1, 0.15) is 30.3 Å². The minimum Gasteiger partial charge on any atom is -0.490 e. The number of nitrogens with two attached hydrogens (primary N) is 1. The van der Waals surface area contributed by atoms with Gasteiger partial charge < -0.3 is 15.8 Å². The molecular weight excluding hydrogens is 268 g/mol. The molecule has 2 aromatic rings. The van der Waals surface area contributed by atoms with Crippen molar-refractivity contribution < 1.29 is 9.53 Å². The van der Waals surface area contributed by atoms with Crippen molar-refractivity contribution in [2.45, 2.75) is 25.8 Å². The van der Waals surface area contributed by atoms with E-state index in [1.165, 1.54) is 0 Å². The summed E-state index contributed by atoms with van der Waals surface area (Å²) in [5.41, 5.74) is 7.51. The largest absolute Gasteiger partial charge is 0.490 e. The molecule has 1 fully saturated rings. The van der Waals surface area contributed by atoms with Crippen molar-refractivity contribution in [2.75, 3.05) is 12.3 Å². The predicted octanol–water partition coefficient (Wildman–Crippen LogP) is 1.75. The predicted molar refractivity (Wildman–Crippen MR) is 79.6 cm³/mol. The lowest BCUT2D eigenvalue weighted by Crippen LogP contribution is -2.26. The fourth-order valence-electron chi connectivity index (χ4n) is 2.02. The van der Waals surface area contributed by atoms with Gasteiger partial charge in [0.2, 0.25) is 0 Å². The minimum absolute atomic E-state index is 0.185. The zero-order chi connectivity index (χ0) is 14.8. The standard InChI is InChI=1S/C15H18N4O2/c1-2-21-13-9-19(12-7-3-10(16)4-8-12)18-14(13)15(20)17-11-5-6-11/h3-4,7-9,11H,2,5-6,16H2,1H3,(H,17,20). The monoisotopic (exact) mass is 286 g/mol. The molecule has 6 heteroatoms. The summed E-state index contributed by atoms with van der Waals surface area (Å²) in [5.74, 6) is 0.308. The Hall–Kier alpha value is -2.50. The van der Waals surface area contributed by atoms with Crippen LogP contribution < -0.4 is 15.8 Å². The van der Waals surface area contributed by atoms with Crippen LogP contribution in [0.3, 0.4) is 0 Å². The van der Waals surface area contributed by atoms with E-state index in [0.29, 0.717) is 23.7 Å². The Balaban J connectivity index is 1.90. The van der Waals surface area contributed by atoms with Gasteiger partial charge in [-0.3, -0.25) is 4.79 Å².